The van der Waals surface area contributed by atoms with Gasteiger partial charge in [0.25, 0.3) is 0 Å². The van der Waals surface area contributed by atoms with Crippen molar-refractivity contribution in [2.75, 3.05) is 12.0 Å². The van der Waals surface area contributed by atoms with E-state index in [1.807, 2.05) is 84.9 Å². The molecule has 0 amide bonds. The zero-order chi connectivity index (χ0) is 34.1. The maximum atomic E-state index is 13.4. The Bertz CT molecular complexity index is 1740. The second kappa shape index (κ2) is 15.5. The fourth-order valence-electron chi connectivity index (χ4n) is 4.92. The van der Waals surface area contributed by atoms with Gasteiger partial charge in [-0.15, -0.1) is 0 Å². The highest BCUT2D eigenvalue weighted by Crippen LogP contribution is 2.34. The SMILES string of the molecule is CO[Si](OCc1ccc(N(c2ccccc2)c2ccccc2)cc1)(c1ccc(OC(F)=C(F)F)cc1)c1ccc(OC(F)=C(F)F)cc1. The van der Waals surface area contributed by atoms with Crippen LogP contribution in [0.5, 0.6) is 11.5 Å². The van der Waals surface area contributed by atoms with Crippen molar-refractivity contribution in [3.63, 3.8) is 0 Å². The molecule has 0 aliphatic rings. The molecule has 5 rings (SSSR count). The molecule has 0 atom stereocenters. The Morgan fingerprint density at radius 1 is 0.521 bits per heavy atom. The number of rotatable bonds is 13. The lowest BCUT2D eigenvalue weighted by atomic mass is 10.1. The highest BCUT2D eigenvalue weighted by Gasteiger charge is 2.42. The summed E-state index contributed by atoms with van der Waals surface area (Å²) in [6.45, 7) is 0.0579. The number of hydrogen-bond acceptors (Lipinski definition) is 5. The largest absolute Gasteiger partial charge is 0.428 e. The van der Waals surface area contributed by atoms with E-state index in [0.717, 1.165) is 22.6 Å². The normalized spacial score (nSPS) is 11.1. The van der Waals surface area contributed by atoms with E-state index in [1.54, 1.807) is 0 Å². The van der Waals surface area contributed by atoms with E-state index in [1.165, 1.54) is 55.6 Å². The lowest BCUT2D eigenvalue weighted by molar-refractivity contribution is 0.214. The van der Waals surface area contributed by atoms with Crippen LogP contribution in [0.25, 0.3) is 0 Å². The van der Waals surface area contributed by atoms with Gasteiger partial charge in [0.05, 0.1) is 6.61 Å². The number of halogens is 6. The summed E-state index contributed by atoms with van der Waals surface area (Å²) >= 11 is 0. The van der Waals surface area contributed by atoms with Crippen molar-refractivity contribution in [3.05, 3.63) is 163 Å². The van der Waals surface area contributed by atoms with Crippen LogP contribution in [0.1, 0.15) is 5.56 Å². The van der Waals surface area contributed by atoms with E-state index in [-0.39, 0.29) is 18.1 Å². The van der Waals surface area contributed by atoms with Crippen LogP contribution in [-0.2, 0) is 15.5 Å². The third kappa shape index (κ3) is 7.97. The number of hydrogen-bond donors (Lipinski definition) is 0. The third-order valence-corrected chi connectivity index (χ3v) is 10.4. The number of benzene rings is 5. The van der Waals surface area contributed by atoms with Gasteiger partial charge in [-0.1, -0.05) is 72.8 Å². The van der Waals surface area contributed by atoms with Gasteiger partial charge in [-0.25, -0.2) is 0 Å². The number of para-hydroxylation sites is 2. The van der Waals surface area contributed by atoms with Crippen LogP contribution in [0.2, 0.25) is 0 Å². The van der Waals surface area contributed by atoms with Crippen molar-refractivity contribution in [2.24, 2.45) is 0 Å². The summed E-state index contributed by atoms with van der Waals surface area (Å²) in [4.78, 5) is 2.10. The first-order valence-electron chi connectivity index (χ1n) is 14.4. The molecule has 0 unspecified atom stereocenters. The van der Waals surface area contributed by atoms with Crippen molar-refractivity contribution >= 4 is 36.0 Å². The van der Waals surface area contributed by atoms with Crippen LogP contribution in [0.3, 0.4) is 0 Å². The molecular formula is C36H27F6NO4Si. The zero-order valence-corrected chi connectivity index (χ0v) is 26.3. The first-order chi connectivity index (χ1) is 23.2. The molecule has 48 heavy (non-hydrogen) atoms. The third-order valence-electron chi connectivity index (χ3n) is 7.13. The van der Waals surface area contributed by atoms with Gasteiger partial charge in [-0.2, -0.15) is 26.3 Å². The maximum absolute atomic E-state index is 13.4. The predicted molar refractivity (Wildman–Crippen MR) is 173 cm³/mol. The van der Waals surface area contributed by atoms with Gasteiger partial charge in [-0.3, -0.25) is 0 Å². The van der Waals surface area contributed by atoms with Gasteiger partial charge in [0.2, 0.25) is 0 Å². The lowest BCUT2D eigenvalue weighted by Crippen LogP contribution is -2.62. The number of ether oxygens (including phenoxy) is 2. The maximum Gasteiger partial charge on any atom is 0.407 e. The van der Waals surface area contributed by atoms with Crippen LogP contribution in [0.4, 0.5) is 43.4 Å². The van der Waals surface area contributed by atoms with Crippen molar-refractivity contribution in [1.82, 2.24) is 0 Å². The molecule has 0 saturated heterocycles. The van der Waals surface area contributed by atoms with Crippen LogP contribution < -0.4 is 24.7 Å². The summed E-state index contributed by atoms with van der Waals surface area (Å²) in [5, 5.41) is 0.959. The molecule has 5 nitrogen and oxygen atoms in total. The fraction of sp³-hybridized carbons (Fsp3) is 0.0556. The summed E-state index contributed by atoms with van der Waals surface area (Å²) < 4.78 is 98.8. The first kappa shape index (κ1) is 34.0. The van der Waals surface area contributed by atoms with E-state index >= 15 is 0 Å². The highest BCUT2D eigenvalue weighted by molar-refractivity contribution is 6.92. The Balaban J connectivity index is 1.46. The van der Waals surface area contributed by atoms with E-state index in [9.17, 15) is 26.3 Å². The topological polar surface area (TPSA) is 40.2 Å². The summed E-state index contributed by atoms with van der Waals surface area (Å²) in [6.07, 6.45) is -5.21. The van der Waals surface area contributed by atoms with E-state index < -0.39 is 32.7 Å². The Morgan fingerprint density at radius 2 is 0.917 bits per heavy atom. The second-order valence-electron chi connectivity index (χ2n) is 10.1. The van der Waals surface area contributed by atoms with Crippen LogP contribution >= 0.6 is 0 Å². The van der Waals surface area contributed by atoms with Crippen molar-refractivity contribution < 1.29 is 44.7 Å². The predicted octanol–water partition coefficient (Wildman–Crippen LogP) is 9.40. The molecule has 246 valence electrons. The second-order valence-corrected chi connectivity index (χ2v) is 13.2. The molecular weight excluding hydrogens is 652 g/mol. The first-order valence-corrected chi connectivity index (χ1v) is 16.2. The number of nitrogens with zero attached hydrogens (tertiary/aromatic N) is 1. The smallest absolute Gasteiger partial charge is 0.407 e. The quantitative estimate of drug-likeness (QED) is 0.0705. The lowest BCUT2D eigenvalue weighted by Gasteiger charge is -2.30. The Labute approximate surface area is 273 Å². The molecule has 0 saturated carbocycles. The van der Waals surface area contributed by atoms with Gasteiger partial charge in [-0.05, 0) is 76.6 Å². The minimum absolute atomic E-state index is 0.0579. The molecule has 5 aromatic carbocycles. The van der Waals surface area contributed by atoms with Gasteiger partial charge in [0.1, 0.15) is 11.5 Å². The molecule has 5 aromatic rings. The Hall–Kier alpha value is -5.30. The molecule has 0 aliphatic carbocycles. The van der Waals surface area contributed by atoms with Crippen molar-refractivity contribution in [1.29, 1.82) is 0 Å². The summed E-state index contributed by atoms with van der Waals surface area (Å²) in [6, 6.07) is 34.4. The van der Waals surface area contributed by atoms with Crippen molar-refractivity contribution in [2.45, 2.75) is 6.61 Å². The van der Waals surface area contributed by atoms with Crippen LogP contribution in [0, 0.1) is 0 Å². The van der Waals surface area contributed by atoms with E-state index in [4.69, 9.17) is 8.85 Å². The van der Waals surface area contributed by atoms with Gasteiger partial charge < -0.3 is 23.2 Å². The summed E-state index contributed by atoms with van der Waals surface area (Å²) in [5.74, 6) is -0.390. The molecule has 0 fully saturated rings. The highest BCUT2D eigenvalue weighted by atomic mass is 28.4. The van der Waals surface area contributed by atoms with E-state index in [0.29, 0.717) is 10.4 Å². The van der Waals surface area contributed by atoms with Crippen molar-refractivity contribution in [3.8, 4) is 11.5 Å². The van der Waals surface area contributed by atoms with Gasteiger partial charge in [0.15, 0.2) is 0 Å². The molecule has 0 spiro atoms. The molecule has 0 heterocycles. The average Bonchev–Trinajstić information content (AvgIpc) is 3.11. The van der Waals surface area contributed by atoms with Gasteiger partial charge >= 0.3 is 32.7 Å². The standard InChI is InChI=1S/C36H27F6NO4Si/c1-44-48(31-20-16-29(17-21-31)46-35(41)33(37)38,32-22-18-30(19-23-32)47-36(42)34(39)40)45-24-25-12-14-28(15-13-25)43(26-8-4-2-5-9-26)27-10-6-3-7-11-27/h2-23H,24H2,1H3. The minimum atomic E-state index is -3.64. The monoisotopic (exact) mass is 679 g/mol. The number of anilines is 3. The molecule has 0 bridgehead atoms. The molecule has 0 aromatic heterocycles. The van der Waals surface area contributed by atoms with Crippen LogP contribution in [0.15, 0.2) is 158 Å². The minimum Gasteiger partial charge on any atom is -0.428 e. The summed E-state index contributed by atoms with van der Waals surface area (Å²) in [7, 11) is -2.22. The average molecular weight is 680 g/mol. The van der Waals surface area contributed by atoms with Crippen LogP contribution in [-0.4, -0.2) is 15.7 Å². The van der Waals surface area contributed by atoms with Gasteiger partial charge in [0, 0.05) is 24.2 Å². The molecule has 12 heteroatoms. The van der Waals surface area contributed by atoms with E-state index in [2.05, 4.69) is 14.4 Å². The molecule has 0 aliphatic heterocycles. The Kier molecular flexibility index (Phi) is 11.0. The zero-order valence-electron chi connectivity index (χ0n) is 25.3. The summed E-state index contributed by atoms with van der Waals surface area (Å²) in [5.41, 5.74) is 3.61. The Morgan fingerprint density at radius 3 is 1.29 bits per heavy atom. The fourth-order valence-corrected chi connectivity index (χ4v) is 7.76. The molecule has 0 N–H and O–H groups in total. The molecule has 0 radical (unpaired) electrons.